The molecule has 0 aliphatic carbocycles. The lowest BCUT2D eigenvalue weighted by atomic mass is 10.2. The third kappa shape index (κ3) is 5.30. The molecule has 2 N–H and O–H groups in total. The van der Waals surface area contributed by atoms with Crippen LogP contribution in [0, 0.1) is 15.9 Å². The highest BCUT2D eigenvalue weighted by molar-refractivity contribution is 7.89. The monoisotopic (exact) mass is 438 g/mol. The summed E-state index contributed by atoms with van der Waals surface area (Å²) in [4.78, 5) is 22.3. The number of nitrogens with zero attached hydrogens (tertiary/aromatic N) is 2. The Morgan fingerprint density at radius 2 is 1.80 bits per heavy atom. The first-order chi connectivity index (χ1) is 14.2. The molecule has 0 bridgehead atoms. The molecule has 0 atom stereocenters. The molecule has 0 aromatic heterocycles. The van der Waals surface area contributed by atoms with Crippen molar-refractivity contribution >= 4 is 27.3 Å². The van der Waals surface area contributed by atoms with Gasteiger partial charge in [-0.1, -0.05) is 26.0 Å². The van der Waals surface area contributed by atoms with E-state index >= 15 is 0 Å². The summed E-state index contributed by atoms with van der Waals surface area (Å²) in [5.74, 6) is -1.52. The number of hydrogen-bond acceptors (Lipinski definition) is 6. The van der Waals surface area contributed by atoms with Crippen LogP contribution in [0.25, 0.3) is 0 Å². The predicted molar refractivity (Wildman–Crippen MR) is 110 cm³/mol. The fraction of sp³-hybridized carbons (Fsp3) is 0.316. The summed E-state index contributed by atoms with van der Waals surface area (Å²) in [5, 5.41) is 16.4. The molecule has 0 unspecified atom stereocenters. The van der Waals surface area contributed by atoms with Crippen molar-refractivity contribution < 1.29 is 22.5 Å². The maximum Gasteiger partial charge on any atom is 0.292 e. The fourth-order valence-electron chi connectivity index (χ4n) is 2.80. The minimum absolute atomic E-state index is 0.00665. The van der Waals surface area contributed by atoms with Crippen LogP contribution < -0.4 is 10.6 Å². The summed E-state index contributed by atoms with van der Waals surface area (Å²) in [6.07, 6.45) is 0. The maximum absolute atomic E-state index is 14.2. The molecular formula is C19H23FN4O5S. The van der Waals surface area contributed by atoms with Crippen molar-refractivity contribution in [2.45, 2.75) is 18.7 Å². The molecule has 0 radical (unpaired) electrons. The van der Waals surface area contributed by atoms with Gasteiger partial charge in [-0.05, 0) is 24.3 Å². The van der Waals surface area contributed by atoms with Gasteiger partial charge in [-0.2, -0.15) is 4.31 Å². The van der Waals surface area contributed by atoms with Gasteiger partial charge in [0.15, 0.2) is 0 Å². The lowest BCUT2D eigenvalue weighted by molar-refractivity contribution is -0.384. The third-order valence-corrected chi connectivity index (χ3v) is 6.41. The van der Waals surface area contributed by atoms with Gasteiger partial charge < -0.3 is 10.6 Å². The summed E-state index contributed by atoms with van der Waals surface area (Å²) in [7, 11) is -4.06. The number of nitro benzene ring substituents is 1. The second-order valence-corrected chi connectivity index (χ2v) is 8.10. The summed E-state index contributed by atoms with van der Waals surface area (Å²) < 4.78 is 40.4. The Morgan fingerprint density at radius 3 is 2.43 bits per heavy atom. The molecule has 0 aliphatic rings. The molecular weight excluding hydrogens is 415 g/mol. The number of anilines is 1. The van der Waals surface area contributed by atoms with E-state index in [0.29, 0.717) is 5.69 Å². The van der Waals surface area contributed by atoms with Crippen LogP contribution >= 0.6 is 0 Å². The van der Waals surface area contributed by atoms with Crippen molar-refractivity contribution in [3.63, 3.8) is 0 Å². The molecule has 2 aromatic rings. The van der Waals surface area contributed by atoms with E-state index < -0.39 is 31.6 Å². The van der Waals surface area contributed by atoms with Crippen molar-refractivity contribution in [1.29, 1.82) is 0 Å². The fourth-order valence-corrected chi connectivity index (χ4v) is 4.35. The van der Waals surface area contributed by atoms with Gasteiger partial charge in [0.05, 0.1) is 4.92 Å². The Kier molecular flexibility index (Phi) is 7.84. The lowest BCUT2D eigenvalue weighted by Crippen LogP contribution is -2.32. The number of nitrogens with one attached hydrogen (secondary N) is 2. The molecule has 0 spiro atoms. The number of benzene rings is 2. The minimum Gasteiger partial charge on any atom is -0.378 e. The van der Waals surface area contributed by atoms with E-state index in [4.69, 9.17) is 0 Å². The highest BCUT2D eigenvalue weighted by Crippen LogP contribution is 2.23. The van der Waals surface area contributed by atoms with Crippen molar-refractivity contribution in [3.05, 3.63) is 64.0 Å². The molecule has 0 aliphatic heterocycles. The lowest BCUT2D eigenvalue weighted by Gasteiger charge is -2.19. The average molecular weight is 438 g/mol. The smallest absolute Gasteiger partial charge is 0.292 e. The zero-order valence-corrected chi connectivity index (χ0v) is 17.4. The van der Waals surface area contributed by atoms with Crippen LogP contribution in [0.15, 0.2) is 47.4 Å². The van der Waals surface area contributed by atoms with E-state index in [0.717, 1.165) is 16.4 Å². The molecule has 2 rings (SSSR count). The van der Waals surface area contributed by atoms with E-state index in [-0.39, 0.29) is 37.4 Å². The number of halogens is 1. The number of para-hydroxylation sites is 2. The Balaban J connectivity index is 2.06. The summed E-state index contributed by atoms with van der Waals surface area (Å²) in [5.41, 5.74) is 0.215. The van der Waals surface area contributed by atoms with Crippen molar-refractivity contribution in [2.75, 3.05) is 31.5 Å². The van der Waals surface area contributed by atoms with Crippen LogP contribution in [0.1, 0.15) is 24.2 Å². The van der Waals surface area contributed by atoms with E-state index in [1.807, 2.05) is 0 Å². The number of amides is 1. The first kappa shape index (κ1) is 23.2. The number of carbonyl (C=O) groups excluding carboxylic acids is 1. The van der Waals surface area contributed by atoms with Crippen LogP contribution in [-0.4, -0.2) is 49.7 Å². The normalized spacial score (nSPS) is 11.3. The molecule has 0 fully saturated rings. The molecule has 1 amide bonds. The Labute approximate surface area is 174 Å². The van der Waals surface area contributed by atoms with Gasteiger partial charge in [0.1, 0.15) is 16.4 Å². The van der Waals surface area contributed by atoms with Crippen LogP contribution in [0.5, 0.6) is 0 Å². The van der Waals surface area contributed by atoms with Crippen LogP contribution in [0.4, 0.5) is 15.8 Å². The number of carbonyl (C=O) groups is 1. The molecule has 0 heterocycles. The largest absolute Gasteiger partial charge is 0.378 e. The quantitative estimate of drug-likeness (QED) is 0.334. The van der Waals surface area contributed by atoms with Crippen LogP contribution in [0.3, 0.4) is 0 Å². The van der Waals surface area contributed by atoms with E-state index in [9.17, 15) is 27.7 Å². The van der Waals surface area contributed by atoms with Gasteiger partial charge >= 0.3 is 0 Å². The Hall–Kier alpha value is -3.05. The zero-order chi connectivity index (χ0) is 22.3. The molecule has 9 nitrogen and oxygen atoms in total. The molecule has 0 saturated heterocycles. The molecule has 30 heavy (non-hydrogen) atoms. The SMILES string of the molecule is CCN(CC)S(=O)(=O)c1cc(C(=O)NCCNc2ccccc2[N+](=O)[O-])ccc1F. The molecule has 11 heteroatoms. The van der Waals surface area contributed by atoms with Gasteiger partial charge in [-0.15, -0.1) is 0 Å². The second-order valence-electron chi connectivity index (χ2n) is 6.19. The summed E-state index contributed by atoms with van der Waals surface area (Å²) >= 11 is 0. The third-order valence-electron chi connectivity index (χ3n) is 4.34. The van der Waals surface area contributed by atoms with Gasteiger partial charge in [0.25, 0.3) is 11.6 Å². The maximum atomic E-state index is 14.2. The van der Waals surface area contributed by atoms with Gasteiger partial charge in [0.2, 0.25) is 10.0 Å². The number of nitro groups is 1. The summed E-state index contributed by atoms with van der Waals surface area (Å²) in [6, 6.07) is 9.24. The highest BCUT2D eigenvalue weighted by Gasteiger charge is 2.26. The molecule has 162 valence electrons. The highest BCUT2D eigenvalue weighted by atomic mass is 32.2. The topological polar surface area (TPSA) is 122 Å². The predicted octanol–water partition coefficient (Wildman–Crippen LogP) is 2.61. The van der Waals surface area contributed by atoms with E-state index in [2.05, 4.69) is 10.6 Å². The van der Waals surface area contributed by atoms with Crippen molar-refractivity contribution in [2.24, 2.45) is 0 Å². The average Bonchev–Trinajstić information content (AvgIpc) is 2.72. The first-order valence-corrected chi connectivity index (χ1v) is 10.7. The Morgan fingerprint density at radius 1 is 1.13 bits per heavy atom. The van der Waals surface area contributed by atoms with Crippen LogP contribution in [0.2, 0.25) is 0 Å². The van der Waals surface area contributed by atoms with Crippen LogP contribution in [-0.2, 0) is 10.0 Å². The van der Waals surface area contributed by atoms with Crippen molar-refractivity contribution in [3.8, 4) is 0 Å². The number of sulfonamides is 1. The summed E-state index contributed by atoms with van der Waals surface area (Å²) in [6.45, 7) is 3.93. The van der Waals surface area contributed by atoms with Crippen molar-refractivity contribution in [1.82, 2.24) is 9.62 Å². The van der Waals surface area contributed by atoms with E-state index in [1.54, 1.807) is 32.0 Å². The second kappa shape index (κ2) is 10.1. The Bertz CT molecular complexity index is 1030. The van der Waals surface area contributed by atoms with Gasteiger partial charge in [-0.25, -0.2) is 12.8 Å². The number of hydrogen-bond donors (Lipinski definition) is 2. The minimum atomic E-state index is -4.06. The zero-order valence-electron chi connectivity index (χ0n) is 16.6. The standard InChI is InChI=1S/C19H23FN4O5S/c1-3-23(4-2)30(28,29)18-13-14(9-10-15(18)20)19(25)22-12-11-21-16-7-5-6-8-17(16)24(26)27/h5-10,13,21H,3-4,11-12H2,1-2H3,(H,22,25). The first-order valence-electron chi connectivity index (χ1n) is 9.27. The van der Waals surface area contributed by atoms with Gasteiger partial charge in [0, 0.05) is 37.8 Å². The number of rotatable bonds is 10. The van der Waals surface area contributed by atoms with E-state index in [1.165, 1.54) is 12.1 Å². The van der Waals surface area contributed by atoms with Gasteiger partial charge in [-0.3, -0.25) is 14.9 Å². The molecule has 0 saturated carbocycles. The molecule has 2 aromatic carbocycles.